The second-order valence-corrected chi connectivity index (χ2v) is 5.38. The molecule has 0 atom stereocenters. The van der Waals surface area contributed by atoms with Gasteiger partial charge in [-0.05, 0) is 36.5 Å². The Morgan fingerprint density at radius 2 is 1.84 bits per heavy atom. The van der Waals surface area contributed by atoms with Crippen molar-refractivity contribution in [1.82, 2.24) is 0 Å². The highest BCUT2D eigenvalue weighted by Gasteiger charge is 2.42. The maximum Gasteiger partial charge on any atom is 0.416 e. The van der Waals surface area contributed by atoms with Crippen molar-refractivity contribution < 1.29 is 17.9 Å². The van der Waals surface area contributed by atoms with Crippen molar-refractivity contribution in [1.29, 1.82) is 0 Å². The van der Waals surface area contributed by atoms with Crippen molar-refractivity contribution in [2.24, 2.45) is 5.41 Å². The Bertz CT molecular complexity index is 427. The molecule has 1 aliphatic carbocycles. The normalized spacial score (nSPS) is 19.0. The molecule has 1 fully saturated rings. The van der Waals surface area contributed by atoms with Gasteiger partial charge in [-0.25, -0.2) is 0 Å². The lowest BCUT2D eigenvalue weighted by Crippen LogP contribution is -2.43. The first kappa shape index (κ1) is 14.2. The average Bonchev–Trinajstić information content (AvgIpc) is 2.33. The minimum atomic E-state index is -4.31. The predicted octanol–water partition coefficient (Wildman–Crippen LogP) is 5.05. The second-order valence-electron chi connectivity index (χ2n) is 5.38. The van der Waals surface area contributed by atoms with Gasteiger partial charge in [0.05, 0.1) is 11.7 Å². The van der Waals surface area contributed by atoms with Crippen molar-refractivity contribution in [2.45, 2.75) is 51.8 Å². The SMILES string of the molecule is CCC1(CC)CC(Oc2cccc(C(F)(F)F)c2)C1. The molecule has 2 rings (SSSR count). The lowest BCUT2D eigenvalue weighted by molar-refractivity contribution is -0.137. The summed E-state index contributed by atoms with van der Waals surface area (Å²) < 4.78 is 43.4. The summed E-state index contributed by atoms with van der Waals surface area (Å²) in [6.45, 7) is 4.31. The lowest BCUT2D eigenvalue weighted by Gasteiger charge is -2.46. The van der Waals surface area contributed by atoms with E-state index < -0.39 is 11.7 Å². The standard InChI is InChI=1S/C15H19F3O/c1-3-14(4-2)9-13(10-14)19-12-7-5-6-11(8-12)15(16,17)18/h5-8,13H,3-4,9-10H2,1-2H3. The van der Waals surface area contributed by atoms with E-state index in [1.54, 1.807) is 6.07 Å². The van der Waals surface area contributed by atoms with E-state index in [1.165, 1.54) is 6.07 Å². The van der Waals surface area contributed by atoms with E-state index >= 15 is 0 Å². The highest BCUT2D eigenvalue weighted by molar-refractivity contribution is 5.30. The number of halogens is 3. The molecule has 0 radical (unpaired) electrons. The molecule has 0 spiro atoms. The van der Waals surface area contributed by atoms with Gasteiger partial charge in [0.25, 0.3) is 0 Å². The van der Waals surface area contributed by atoms with Crippen molar-refractivity contribution >= 4 is 0 Å². The highest BCUT2D eigenvalue weighted by atomic mass is 19.4. The molecule has 0 aromatic heterocycles. The Balaban J connectivity index is 1.99. The van der Waals surface area contributed by atoms with Gasteiger partial charge in [-0.1, -0.05) is 32.8 Å². The van der Waals surface area contributed by atoms with Crippen LogP contribution in [0.2, 0.25) is 0 Å². The molecule has 0 bridgehead atoms. The third kappa shape index (κ3) is 3.04. The molecule has 1 nitrogen and oxygen atoms in total. The molecule has 1 aromatic rings. The van der Waals surface area contributed by atoms with Crippen LogP contribution in [-0.2, 0) is 6.18 Å². The molecule has 0 amide bonds. The van der Waals surface area contributed by atoms with Crippen LogP contribution in [0.15, 0.2) is 24.3 Å². The van der Waals surface area contributed by atoms with Crippen LogP contribution < -0.4 is 4.74 Å². The van der Waals surface area contributed by atoms with E-state index in [4.69, 9.17) is 4.74 Å². The molecule has 19 heavy (non-hydrogen) atoms. The fourth-order valence-electron chi connectivity index (χ4n) is 2.76. The van der Waals surface area contributed by atoms with Crippen LogP contribution in [0.25, 0.3) is 0 Å². The number of benzene rings is 1. The summed E-state index contributed by atoms with van der Waals surface area (Å²) in [6.07, 6.45) is -0.164. The molecule has 1 aromatic carbocycles. The largest absolute Gasteiger partial charge is 0.490 e. The number of hydrogen-bond donors (Lipinski definition) is 0. The van der Waals surface area contributed by atoms with E-state index in [0.717, 1.165) is 37.8 Å². The van der Waals surface area contributed by atoms with Gasteiger partial charge in [0.15, 0.2) is 0 Å². The lowest BCUT2D eigenvalue weighted by atomic mass is 9.63. The summed E-state index contributed by atoms with van der Waals surface area (Å²) in [5, 5.41) is 0. The van der Waals surface area contributed by atoms with Crippen molar-refractivity contribution in [2.75, 3.05) is 0 Å². The Morgan fingerprint density at radius 3 is 2.37 bits per heavy atom. The number of alkyl halides is 3. The minimum absolute atomic E-state index is 0.0587. The molecule has 106 valence electrons. The Kier molecular flexibility index (Phi) is 3.79. The molecule has 0 heterocycles. The molecule has 4 heteroatoms. The summed E-state index contributed by atoms with van der Waals surface area (Å²) >= 11 is 0. The van der Waals surface area contributed by atoms with Gasteiger partial charge in [-0.15, -0.1) is 0 Å². The molecule has 0 aliphatic heterocycles. The van der Waals surface area contributed by atoms with Crippen LogP contribution in [0.5, 0.6) is 5.75 Å². The van der Waals surface area contributed by atoms with Gasteiger partial charge in [0, 0.05) is 0 Å². The molecule has 1 saturated carbocycles. The molecular weight excluding hydrogens is 253 g/mol. The maximum absolute atomic E-state index is 12.6. The Labute approximate surface area is 111 Å². The zero-order valence-corrected chi connectivity index (χ0v) is 11.3. The highest BCUT2D eigenvalue weighted by Crippen LogP contribution is 2.48. The first-order chi connectivity index (χ1) is 8.88. The van der Waals surface area contributed by atoms with Crippen molar-refractivity contribution in [3.8, 4) is 5.75 Å². The van der Waals surface area contributed by atoms with Crippen LogP contribution in [0, 0.1) is 5.41 Å². The third-order valence-electron chi connectivity index (χ3n) is 4.29. The van der Waals surface area contributed by atoms with Gasteiger partial charge >= 0.3 is 6.18 Å². The van der Waals surface area contributed by atoms with Crippen LogP contribution in [0.4, 0.5) is 13.2 Å². The summed E-state index contributed by atoms with van der Waals surface area (Å²) in [5.74, 6) is 0.320. The molecule has 0 saturated heterocycles. The molecular formula is C15H19F3O. The van der Waals surface area contributed by atoms with Gasteiger partial charge in [-0.3, -0.25) is 0 Å². The molecule has 1 aliphatic rings. The van der Waals surface area contributed by atoms with Crippen LogP contribution in [0.1, 0.15) is 45.1 Å². The van der Waals surface area contributed by atoms with E-state index in [0.29, 0.717) is 11.2 Å². The van der Waals surface area contributed by atoms with Gasteiger partial charge in [0.2, 0.25) is 0 Å². The number of hydrogen-bond acceptors (Lipinski definition) is 1. The van der Waals surface area contributed by atoms with E-state index in [9.17, 15) is 13.2 Å². The van der Waals surface area contributed by atoms with Crippen LogP contribution in [0.3, 0.4) is 0 Å². The first-order valence-corrected chi connectivity index (χ1v) is 6.72. The predicted molar refractivity (Wildman–Crippen MR) is 68.1 cm³/mol. The smallest absolute Gasteiger partial charge is 0.416 e. The van der Waals surface area contributed by atoms with Crippen LogP contribution in [-0.4, -0.2) is 6.10 Å². The number of ether oxygens (including phenoxy) is 1. The Morgan fingerprint density at radius 1 is 1.21 bits per heavy atom. The zero-order chi connectivity index (χ0) is 14.1. The topological polar surface area (TPSA) is 9.23 Å². The second kappa shape index (κ2) is 5.06. The van der Waals surface area contributed by atoms with E-state index in [1.807, 2.05) is 0 Å². The molecule has 0 N–H and O–H groups in total. The average molecular weight is 272 g/mol. The van der Waals surface area contributed by atoms with Crippen molar-refractivity contribution in [3.63, 3.8) is 0 Å². The van der Waals surface area contributed by atoms with Gasteiger partial charge < -0.3 is 4.74 Å². The summed E-state index contributed by atoms with van der Waals surface area (Å²) in [5.41, 5.74) is -0.312. The zero-order valence-electron chi connectivity index (χ0n) is 11.3. The first-order valence-electron chi connectivity index (χ1n) is 6.72. The summed E-state index contributed by atoms with van der Waals surface area (Å²) in [6, 6.07) is 5.13. The minimum Gasteiger partial charge on any atom is -0.490 e. The van der Waals surface area contributed by atoms with Crippen LogP contribution >= 0.6 is 0 Å². The van der Waals surface area contributed by atoms with E-state index in [-0.39, 0.29) is 6.10 Å². The van der Waals surface area contributed by atoms with Gasteiger partial charge in [-0.2, -0.15) is 13.2 Å². The Hall–Kier alpha value is -1.19. The third-order valence-corrected chi connectivity index (χ3v) is 4.29. The van der Waals surface area contributed by atoms with Crippen molar-refractivity contribution in [3.05, 3.63) is 29.8 Å². The summed E-state index contributed by atoms with van der Waals surface area (Å²) in [4.78, 5) is 0. The fourth-order valence-corrected chi connectivity index (χ4v) is 2.76. The fraction of sp³-hybridized carbons (Fsp3) is 0.600. The maximum atomic E-state index is 12.6. The van der Waals surface area contributed by atoms with E-state index in [2.05, 4.69) is 13.8 Å². The summed E-state index contributed by atoms with van der Waals surface area (Å²) in [7, 11) is 0. The van der Waals surface area contributed by atoms with Gasteiger partial charge in [0.1, 0.15) is 5.75 Å². The number of rotatable bonds is 4. The quantitative estimate of drug-likeness (QED) is 0.745. The monoisotopic (exact) mass is 272 g/mol. The molecule has 0 unspecified atom stereocenters.